The van der Waals surface area contributed by atoms with Gasteiger partial charge < -0.3 is 0 Å². The van der Waals surface area contributed by atoms with Crippen molar-refractivity contribution in [2.45, 2.75) is 0 Å². The second-order valence-electron chi connectivity index (χ2n) is 3.45. The maximum atomic E-state index is 11.6. The Morgan fingerprint density at radius 1 is 1.06 bits per heavy atom. The van der Waals surface area contributed by atoms with E-state index in [1.165, 1.54) is 18.2 Å². The van der Waals surface area contributed by atoms with Gasteiger partial charge in [-0.25, -0.2) is 4.90 Å². The highest BCUT2D eigenvalue weighted by atomic mass is 35.5. The van der Waals surface area contributed by atoms with Crippen LogP contribution < -0.4 is 4.90 Å². The van der Waals surface area contributed by atoms with E-state index in [1.54, 1.807) is 0 Å². The first-order valence-electron chi connectivity index (χ1n) is 4.65. The summed E-state index contributed by atoms with van der Waals surface area (Å²) >= 11 is 11.6. The SMILES string of the molecule is O=C1CS(=O)CC(=O)N1c1ccc(Cl)c(Cl)c1. The highest BCUT2D eigenvalue weighted by Gasteiger charge is 2.31. The fraction of sp³-hybridized carbons (Fsp3) is 0.200. The minimum Gasteiger partial charge on any atom is -0.273 e. The zero-order valence-corrected chi connectivity index (χ0v) is 10.8. The van der Waals surface area contributed by atoms with E-state index in [2.05, 4.69) is 0 Å². The lowest BCUT2D eigenvalue weighted by molar-refractivity contribution is -0.124. The van der Waals surface area contributed by atoms with Gasteiger partial charge in [0.05, 0.1) is 15.7 Å². The van der Waals surface area contributed by atoms with E-state index in [1.807, 2.05) is 0 Å². The molecule has 1 aliphatic heterocycles. The van der Waals surface area contributed by atoms with Gasteiger partial charge in [0.2, 0.25) is 11.8 Å². The lowest BCUT2D eigenvalue weighted by Crippen LogP contribution is -2.47. The van der Waals surface area contributed by atoms with E-state index >= 15 is 0 Å². The molecule has 1 aliphatic rings. The molecular formula is C10H7Cl2NO3S. The summed E-state index contributed by atoms with van der Waals surface area (Å²) in [4.78, 5) is 24.3. The first-order valence-corrected chi connectivity index (χ1v) is 6.89. The molecule has 7 heteroatoms. The molecule has 1 aromatic rings. The van der Waals surface area contributed by atoms with Crippen molar-refractivity contribution in [1.82, 2.24) is 0 Å². The van der Waals surface area contributed by atoms with Crippen LogP contribution in [0.1, 0.15) is 0 Å². The van der Waals surface area contributed by atoms with Crippen LogP contribution in [-0.2, 0) is 20.4 Å². The largest absolute Gasteiger partial charge is 0.273 e. The summed E-state index contributed by atoms with van der Waals surface area (Å²) in [5.41, 5.74) is 0.353. The molecule has 1 heterocycles. The van der Waals surface area contributed by atoms with Gasteiger partial charge in [0.25, 0.3) is 0 Å². The van der Waals surface area contributed by atoms with Crippen LogP contribution >= 0.6 is 23.2 Å². The molecule has 17 heavy (non-hydrogen) atoms. The van der Waals surface area contributed by atoms with Gasteiger partial charge in [-0.2, -0.15) is 0 Å². The van der Waals surface area contributed by atoms with E-state index in [-0.39, 0.29) is 16.5 Å². The van der Waals surface area contributed by atoms with Crippen LogP contribution in [-0.4, -0.2) is 27.5 Å². The number of halogens is 2. The Morgan fingerprint density at radius 3 is 2.18 bits per heavy atom. The Labute approximate surface area is 110 Å². The number of carbonyl (C=O) groups is 2. The lowest BCUT2D eigenvalue weighted by atomic mass is 10.2. The van der Waals surface area contributed by atoms with Crippen LogP contribution in [0.5, 0.6) is 0 Å². The molecule has 4 nitrogen and oxygen atoms in total. The summed E-state index contributed by atoms with van der Waals surface area (Å²) in [6.07, 6.45) is 0. The van der Waals surface area contributed by atoms with Gasteiger partial charge in [0.1, 0.15) is 11.5 Å². The van der Waals surface area contributed by atoms with Crippen molar-refractivity contribution in [2.24, 2.45) is 0 Å². The first-order chi connectivity index (χ1) is 7.99. The lowest BCUT2D eigenvalue weighted by Gasteiger charge is -2.24. The molecule has 0 spiro atoms. The summed E-state index contributed by atoms with van der Waals surface area (Å²) in [5, 5.41) is 0.604. The third-order valence-corrected chi connectivity index (χ3v) is 4.11. The minimum absolute atomic E-state index is 0.147. The average molecular weight is 292 g/mol. The summed E-state index contributed by atoms with van der Waals surface area (Å²) < 4.78 is 11.2. The zero-order chi connectivity index (χ0) is 12.6. The van der Waals surface area contributed by atoms with E-state index in [0.717, 1.165) is 4.90 Å². The number of imide groups is 1. The van der Waals surface area contributed by atoms with Gasteiger partial charge >= 0.3 is 0 Å². The fourth-order valence-electron chi connectivity index (χ4n) is 1.51. The maximum Gasteiger partial charge on any atom is 0.246 e. The summed E-state index contributed by atoms with van der Waals surface area (Å²) in [6.45, 7) is 0. The molecule has 2 rings (SSSR count). The molecule has 2 amide bonds. The highest BCUT2D eigenvalue weighted by Crippen LogP contribution is 2.28. The number of amides is 2. The number of benzene rings is 1. The molecule has 1 fully saturated rings. The number of carbonyl (C=O) groups excluding carboxylic acids is 2. The van der Waals surface area contributed by atoms with Crippen LogP contribution in [0.4, 0.5) is 5.69 Å². The number of nitrogens with zero attached hydrogens (tertiary/aromatic N) is 1. The normalized spacial score (nSPS) is 17.6. The molecule has 0 bridgehead atoms. The van der Waals surface area contributed by atoms with E-state index in [9.17, 15) is 13.8 Å². The topological polar surface area (TPSA) is 54.5 Å². The standard InChI is InChI=1S/C10H7Cl2NO3S/c11-7-2-1-6(3-8(7)12)13-9(14)4-17(16)5-10(13)15/h1-3H,4-5H2. The molecule has 1 aromatic carbocycles. The second-order valence-corrected chi connectivity index (χ2v) is 5.72. The van der Waals surface area contributed by atoms with Gasteiger partial charge in [-0.15, -0.1) is 0 Å². The summed E-state index contributed by atoms with van der Waals surface area (Å²) in [5.74, 6) is -1.27. The van der Waals surface area contributed by atoms with E-state index in [0.29, 0.717) is 10.7 Å². The molecule has 0 atom stereocenters. The van der Waals surface area contributed by atoms with Crippen molar-refractivity contribution in [2.75, 3.05) is 16.4 Å². The molecule has 90 valence electrons. The molecule has 0 aliphatic carbocycles. The molecule has 0 unspecified atom stereocenters. The predicted molar refractivity (Wildman–Crippen MR) is 66.8 cm³/mol. The molecule has 0 aromatic heterocycles. The Morgan fingerprint density at radius 2 is 1.65 bits per heavy atom. The van der Waals surface area contributed by atoms with Crippen molar-refractivity contribution in [3.8, 4) is 0 Å². The Kier molecular flexibility index (Phi) is 3.51. The maximum absolute atomic E-state index is 11.6. The van der Waals surface area contributed by atoms with Crippen LogP contribution in [0.25, 0.3) is 0 Å². The van der Waals surface area contributed by atoms with Gasteiger partial charge in [-0.05, 0) is 18.2 Å². The second kappa shape index (κ2) is 4.76. The van der Waals surface area contributed by atoms with E-state index in [4.69, 9.17) is 23.2 Å². The van der Waals surface area contributed by atoms with Gasteiger partial charge in [-0.3, -0.25) is 13.8 Å². The Hall–Kier alpha value is -0.910. The van der Waals surface area contributed by atoms with Crippen LogP contribution in [0.15, 0.2) is 18.2 Å². The number of hydrogen-bond donors (Lipinski definition) is 0. The average Bonchev–Trinajstić information content (AvgIpc) is 2.21. The van der Waals surface area contributed by atoms with Crippen LogP contribution in [0.2, 0.25) is 10.0 Å². The van der Waals surface area contributed by atoms with Crippen molar-refractivity contribution in [1.29, 1.82) is 0 Å². The Bertz CT molecular complexity index is 512. The molecule has 0 N–H and O–H groups in total. The van der Waals surface area contributed by atoms with Crippen LogP contribution in [0, 0.1) is 0 Å². The minimum atomic E-state index is -1.40. The van der Waals surface area contributed by atoms with Gasteiger partial charge in [-0.1, -0.05) is 23.2 Å². The van der Waals surface area contributed by atoms with Crippen molar-refractivity contribution in [3.05, 3.63) is 28.2 Å². The summed E-state index contributed by atoms with van der Waals surface area (Å²) in [7, 11) is -1.40. The fourth-order valence-corrected chi connectivity index (χ4v) is 2.71. The van der Waals surface area contributed by atoms with Crippen molar-refractivity contribution >= 4 is 51.5 Å². The Balaban J connectivity index is 2.38. The van der Waals surface area contributed by atoms with Gasteiger partial charge in [0, 0.05) is 10.8 Å². The predicted octanol–water partition coefficient (Wildman–Crippen LogP) is 1.62. The molecule has 0 saturated carbocycles. The highest BCUT2D eigenvalue weighted by molar-refractivity contribution is 7.86. The molecule has 1 saturated heterocycles. The smallest absolute Gasteiger partial charge is 0.246 e. The quantitative estimate of drug-likeness (QED) is 0.739. The van der Waals surface area contributed by atoms with E-state index < -0.39 is 22.6 Å². The summed E-state index contributed by atoms with van der Waals surface area (Å²) in [6, 6.07) is 4.47. The third-order valence-electron chi connectivity index (χ3n) is 2.23. The number of hydrogen-bond acceptors (Lipinski definition) is 3. The van der Waals surface area contributed by atoms with Crippen LogP contribution in [0.3, 0.4) is 0 Å². The van der Waals surface area contributed by atoms with Gasteiger partial charge in [0.15, 0.2) is 0 Å². The number of anilines is 1. The zero-order valence-electron chi connectivity index (χ0n) is 8.48. The van der Waals surface area contributed by atoms with Crippen molar-refractivity contribution < 1.29 is 13.8 Å². The monoisotopic (exact) mass is 291 g/mol. The molecular weight excluding hydrogens is 285 g/mol. The number of rotatable bonds is 1. The third kappa shape index (κ3) is 2.51. The van der Waals surface area contributed by atoms with Crippen molar-refractivity contribution in [3.63, 3.8) is 0 Å². The molecule has 0 radical (unpaired) electrons. The first kappa shape index (κ1) is 12.5.